The largest absolute Gasteiger partial charge is 0.496 e. The number of nitrogens with two attached hydrogens (primary N) is 1. The fraction of sp³-hybridized carbons (Fsp3) is 0.278. The normalized spacial score (nSPS) is 12.5. The van der Waals surface area contributed by atoms with Gasteiger partial charge in [-0.2, -0.15) is 0 Å². The predicted molar refractivity (Wildman–Crippen MR) is 96.1 cm³/mol. The van der Waals surface area contributed by atoms with Gasteiger partial charge in [0.2, 0.25) is 10.0 Å². The van der Waals surface area contributed by atoms with E-state index in [1.54, 1.807) is 43.3 Å². The Kier molecular flexibility index (Phi) is 5.49. The lowest BCUT2D eigenvalue weighted by molar-refractivity contribution is 0.0742. The van der Waals surface area contributed by atoms with Crippen molar-refractivity contribution in [3.63, 3.8) is 0 Å². The monoisotopic (exact) mass is 362 g/mol. The van der Waals surface area contributed by atoms with Crippen molar-refractivity contribution >= 4 is 15.9 Å². The van der Waals surface area contributed by atoms with Crippen LogP contribution < -0.4 is 9.88 Å². The molecule has 0 heterocycles. The second kappa shape index (κ2) is 7.25. The number of nitrogens with zero attached hydrogens (tertiary/aromatic N) is 1. The third kappa shape index (κ3) is 4.18. The number of hydrogen-bond donors (Lipinski definition) is 1. The molecule has 2 N–H and O–H groups in total. The molecule has 0 aromatic heterocycles. The molecule has 1 amide bonds. The van der Waals surface area contributed by atoms with Gasteiger partial charge in [0.25, 0.3) is 5.91 Å². The van der Waals surface area contributed by atoms with Gasteiger partial charge < -0.3 is 9.64 Å². The van der Waals surface area contributed by atoms with E-state index in [0.29, 0.717) is 11.3 Å². The number of benzene rings is 2. The molecule has 0 fully saturated rings. The number of carbonyl (C=O) groups excluding carboxylic acids is 1. The van der Waals surface area contributed by atoms with Gasteiger partial charge in [0.15, 0.2) is 0 Å². The number of rotatable bonds is 5. The minimum atomic E-state index is -3.73. The summed E-state index contributed by atoms with van der Waals surface area (Å²) in [6.07, 6.45) is 0. The molecule has 2 rings (SSSR count). The van der Waals surface area contributed by atoms with Gasteiger partial charge >= 0.3 is 0 Å². The number of sulfonamides is 1. The molecule has 134 valence electrons. The van der Waals surface area contributed by atoms with Crippen molar-refractivity contribution < 1.29 is 17.9 Å². The van der Waals surface area contributed by atoms with E-state index in [2.05, 4.69) is 0 Å². The first-order valence-corrected chi connectivity index (χ1v) is 9.24. The van der Waals surface area contributed by atoms with Crippen LogP contribution in [-0.4, -0.2) is 33.4 Å². The van der Waals surface area contributed by atoms with Gasteiger partial charge in [0, 0.05) is 12.6 Å². The summed E-state index contributed by atoms with van der Waals surface area (Å²) in [5, 5.41) is 5.10. The molecule has 1 atom stereocenters. The topological polar surface area (TPSA) is 89.7 Å². The summed E-state index contributed by atoms with van der Waals surface area (Å²) in [6.45, 7) is 3.78. The average Bonchev–Trinajstić information content (AvgIpc) is 2.59. The van der Waals surface area contributed by atoms with Crippen molar-refractivity contribution in [2.75, 3.05) is 14.2 Å². The molecular weight excluding hydrogens is 340 g/mol. The maximum atomic E-state index is 12.7. The SMILES string of the molecule is COc1cc(C(=O)N(C)[C@H](C)c2ccc(S(N)(=O)=O)cc2)ccc1C. The van der Waals surface area contributed by atoms with Crippen molar-refractivity contribution in [2.24, 2.45) is 5.14 Å². The molecule has 0 aliphatic carbocycles. The van der Waals surface area contributed by atoms with E-state index in [9.17, 15) is 13.2 Å². The molecule has 0 aliphatic heterocycles. The lowest BCUT2D eigenvalue weighted by atomic mass is 10.1. The molecule has 25 heavy (non-hydrogen) atoms. The first-order valence-electron chi connectivity index (χ1n) is 7.69. The Hall–Kier alpha value is -2.38. The Balaban J connectivity index is 2.24. The van der Waals surface area contributed by atoms with Crippen LogP contribution in [-0.2, 0) is 10.0 Å². The van der Waals surface area contributed by atoms with E-state index in [1.807, 2.05) is 19.9 Å². The maximum Gasteiger partial charge on any atom is 0.254 e. The molecule has 0 radical (unpaired) electrons. The number of hydrogen-bond acceptors (Lipinski definition) is 4. The first kappa shape index (κ1) is 19.0. The van der Waals surface area contributed by atoms with Gasteiger partial charge in [-0.25, -0.2) is 13.6 Å². The second-order valence-corrected chi connectivity index (χ2v) is 7.45. The minimum Gasteiger partial charge on any atom is -0.496 e. The van der Waals surface area contributed by atoms with Crippen LogP contribution in [0.5, 0.6) is 5.75 Å². The van der Waals surface area contributed by atoms with E-state index in [4.69, 9.17) is 9.88 Å². The zero-order chi connectivity index (χ0) is 18.8. The molecule has 2 aromatic carbocycles. The van der Waals surface area contributed by atoms with Crippen molar-refractivity contribution in [1.82, 2.24) is 4.90 Å². The number of ether oxygens (including phenoxy) is 1. The molecule has 0 bridgehead atoms. The zero-order valence-corrected chi connectivity index (χ0v) is 15.5. The summed E-state index contributed by atoms with van der Waals surface area (Å²) in [6, 6.07) is 11.3. The van der Waals surface area contributed by atoms with Crippen molar-refractivity contribution in [2.45, 2.75) is 24.8 Å². The molecule has 2 aromatic rings. The standard InChI is InChI=1S/C18H22N2O4S/c1-12-5-6-15(11-17(12)24-4)18(21)20(3)13(2)14-7-9-16(10-8-14)25(19,22)23/h5-11,13H,1-4H3,(H2,19,22,23)/t13-/m1/s1. The number of methoxy groups -OCH3 is 1. The molecule has 6 nitrogen and oxygen atoms in total. The van der Waals surface area contributed by atoms with Crippen LogP contribution in [0.3, 0.4) is 0 Å². The molecule has 0 spiro atoms. The highest BCUT2D eigenvalue weighted by Gasteiger charge is 2.20. The fourth-order valence-electron chi connectivity index (χ4n) is 2.49. The third-order valence-electron chi connectivity index (χ3n) is 4.25. The van der Waals surface area contributed by atoms with Gasteiger partial charge in [0.1, 0.15) is 5.75 Å². The summed E-state index contributed by atoms with van der Waals surface area (Å²) in [7, 11) is -0.464. The van der Waals surface area contributed by atoms with Crippen LogP contribution in [0.2, 0.25) is 0 Å². The molecule has 0 saturated heterocycles. The Morgan fingerprint density at radius 1 is 1.16 bits per heavy atom. The number of aryl methyl sites for hydroxylation is 1. The highest BCUT2D eigenvalue weighted by molar-refractivity contribution is 7.89. The Labute approximate surface area is 148 Å². The number of amides is 1. The van der Waals surface area contributed by atoms with Gasteiger partial charge in [-0.3, -0.25) is 4.79 Å². The van der Waals surface area contributed by atoms with Gasteiger partial charge in [-0.1, -0.05) is 18.2 Å². The highest BCUT2D eigenvalue weighted by atomic mass is 32.2. The van der Waals surface area contributed by atoms with Crippen LogP contribution in [0.1, 0.15) is 34.5 Å². The third-order valence-corrected chi connectivity index (χ3v) is 5.18. The smallest absolute Gasteiger partial charge is 0.254 e. The molecule has 0 saturated carbocycles. The summed E-state index contributed by atoms with van der Waals surface area (Å²) in [5.41, 5.74) is 2.29. The van der Waals surface area contributed by atoms with Crippen LogP contribution in [0.15, 0.2) is 47.4 Å². The first-order chi connectivity index (χ1) is 11.6. The van der Waals surface area contributed by atoms with Crippen molar-refractivity contribution in [1.29, 1.82) is 0 Å². The lowest BCUT2D eigenvalue weighted by Gasteiger charge is -2.26. The van der Waals surface area contributed by atoms with Gasteiger partial charge in [0.05, 0.1) is 18.0 Å². The van der Waals surface area contributed by atoms with Crippen LogP contribution in [0.25, 0.3) is 0 Å². The van der Waals surface area contributed by atoms with Gasteiger partial charge in [-0.05, 0) is 49.2 Å². The Bertz CT molecular complexity index is 876. The molecule has 0 unspecified atom stereocenters. The molecule has 7 heteroatoms. The van der Waals surface area contributed by atoms with Gasteiger partial charge in [-0.15, -0.1) is 0 Å². The van der Waals surface area contributed by atoms with E-state index in [-0.39, 0.29) is 16.8 Å². The average molecular weight is 362 g/mol. The summed E-state index contributed by atoms with van der Waals surface area (Å²) in [5.74, 6) is 0.505. The summed E-state index contributed by atoms with van der Waals surface area (Å²) < 4.78 is 27.9. The van der Waals surface area contributed by atoms with Crippen molar-refractivity contribution in [3.8, 4) is 5.75 Å². The zero-order valence-electron chi connectivity index (χ0n) is 14.7. The fourth-order valence-corrected chi connectivity index (χ4v) is 3.01. The number of carbonyl (C=O) groups is 1. The minimum absolute atomic E-state index is 0.0423. The van der Waals surface area contributed by atoms with Crippen LogP contribution in [0, 0.1) is 6.92 Å². The molecular formula is C18H22N2O4S. The second-order valence-electron chi connectivity index (χ2n) is 5.89. The van der Waals surface area contributed by atoms with Crippen molar-refractivity contribution in [3.05, 3.63) is 59.2 Å². The Morgan fingerprint density at radius 3 is 2.28 bits per heavy atom. The van der Waals surface area contributed by atoms with Crippen LogP contribution >= 0.6 is 0 Å². The van der Waals surface area contributed by atoms with E-state index >= 15 is 0 Å². The summed E-state index contributed by atoms with van der Waals surface area (Å²) >= 11 is 0. The molecule has 0 aliphatic rings. The summed E-state index contributed by atoms with van der Waals surface area (Å²) in [4.78, 5) is 14.4. The van der Waals surface area contributed by atoms with Crippen LogP contribution in [0.4, 0.5) is 0 Å². The Morgan fingerprint density at radius 2 is 1.76 bits per heavy atom. The predicted octanol–water partition coefficient (Wildman–Crippen LogP) is 2.48. The van der Waals surface area contributed by atoms with E-state index in [1.165, 1.54) is 12.1 Å². The lowest BCUT2D eigenvalue weighted by Crippen LogP contribution is -2.29. The highest BCUT2D eigenvalue weighted by Crippen LogP contribution is 2.24. The van der Waals surface area contributed by atoms with E-state index < -0.39 is 10.0 Å². The quantitative estimate of drug-likeness (QED) is 0.885. The maximum absolute atomic E-state index is 12.7. The number of primary sulfonamides is 1. The van der Waals surface area contributed by atoms with E-state index in [0.717, 1.165) is 11.1 Å².